The number of allylic oxidation sites excluding steroid dienone is 1. The topological polar surface area (TPSA) is 63.3 Å². The van der Waals surface area contributed by atoms with Crippen LogP contribution in [-0.2, 0) is 6.54 Å². The third kappa shape index (κ3) is 7.01. The van der Waals surface area contributed by atoms with Gasteiger partial charge in [-0.2, -0.15) is 0 Å². The predicted molar refractivity (Wildman–Crippen MR) is 95.3 cm³/mol. The maximum absolute atomic E-state index is 10.2. The predicted octanol–water partition coefficient (Wildman–Crippen LogP) is 2.25. The smallest absolute Gasteiger partial charge is 0.335 e. The standard InChI is InChI=1S/C11H17NSi.C7H6O2/c1-9(2)8-13-11-5-3-10(7-12)4-6-11;8-7(9)6-4-2-1-3-5-6/h3-6,8H,7,12-13H2,1-2H3;1-5H,(H,8,9). The van der Waals surface area contributed by atoms with Crippen molar-refractivity contribution in [2.45, 2.75) is 20.4 Å². The van der Waals surface area contributed by atoms with Crippen molar-refractivity contribution in [3.05, 3.63) is 77.0 Å². The molecular weight excluding hydrogens is 290 g/mol. The van der Waals surface area contributed by atoms with Crippen molar-refractivity contribution in [3.8, 4) is 0 Å². The zero-order valence-corrected chi connectivity index (χ0v) is 14.5. The third-order valence-corrected chi connectivity index (χ3v) is 4.99. The minimum Gasteiger partial charge on any atom is -0.478 e. The normalized spacial score (nSPS) is 9.95. The number of benzene rings is 2. The summed E-state index contributed by atoms with van der Waals surface area (Å²) in [4.78, 5) is 10.2. The van der Waals surface area contributed by atoms with Crippen LogP contribution in [-0.4, -0.2) is 20.6 Å². The quantitative estimate of drug-likeness (QED) is 0.851. The van der Waals surface area contributed by atoms with E-state index in [9.17, 15) is 4.79 Å². The van der Waals surface area contributed by atoms with E-state index in [4.69, 9.17) is 10.8 Å². The highest BCUT2D eigenvalue weighted by Crippen LogP contribution is 1.96. The van der Waals surface area contributed by atoms with Crippen LogP contribution in [0.25, 0.3) is 0 Å². The summed E-state index contributed by atoms with van der Waals surface area (Å²) < 4.78 is 0. The minimum absolute atomic E-state index is 0.185. The summed E-state index contributed by atoms with van der Waals surface area (Å²) in [5, 5.41) is 9.87. The molecule has 22 heavy (non-hydrogen) atoms. The van der Waals surface area contributed by atoms with E-state index in [1.165, 1.54) is 16.3 Å². The molecule has 0 aliphatic rings. The zero-order valence-electron chi connectivity index (χ0n) is 13.1. The van der Waals surface area contributed by atoms with Crippen molar-refractivity contribution in [2.24, 2.45) is 5.73 Å². The third-order valence-electron chi connectivity index (χ3n) is 3.03. The lowest BCUT2D eigenvalue weighted by atomic mass is 10.2. The van der Waals surface area contributed by atoms with Gasteiger partial charge in [0.2, 0.25) is 0 Å². The van der Waals surface area contributed by atoms with Crippen LogP contribution < -0.4 is 10.9 Å². The highest BCUT2D eigenvalue weighted by Gasteiger charge is 1.96. The van der Waals surface area contributed by atoms with Gasteiger partial charge < -0.3 is 10.8 Å². The fourth-order valence-electron chi connectivity index (χ4n) is 1.71. The molecule has 4 heteroatoms. The van der Waals surface area contributed by atoms with Gasteiger partial charge in [0, 0.05) is 6.54 Å². The van der Waals surface area contributed by atoms with Crippen molar-refractivity contribution in [1.29, 1.82) is 0 Å². The number of carbonyl (C=O) groups is 1. The largest absolute Gasteiger partial charge is 0.478 e. The lowest BCUT2D eigenvalue weighted by molar-refractivity contribution is 0.0697. The number of aromatic carboxylic acids is 1. The average molecular weight is 313 g/mol. The molecule has 0 bridgehead atoms. The van der Waals surface area contributed by atoms with Gasteiger partial charge in [0.1, 0.15) is 0 Å². The van der Waals surface area contributed by atoms with E-state index >= 15 is 0 Å². The van der Waals surface area contributed by atoms with Crippen LogP contribution in [0.2, 0.25) is 0 Å². The summed E-state index contributed by atoms with van der Waals surface area (Å²) in [5.74, 6) is -0.879. The second-order valence-corrected chi connectivity index (χ2v) is 6.81. The maximum Gasteiger partial charge on any atom is 0.335 e. The number of nitrogens with two attached hydrogens (primary N) is 1. The molecule has 0 unspecified atom stereocenters. The lowest BCUT2D eigenvalue weighted by Crippen LogP contribution is -2.12. The second kappa shape index (κ2) is 9.71. The Balaban J connectivity index is 0.000000235. The SMILES string of the molecule is CC(C)=C[SiH2]c1ccc(CN)cc1.O=C(O)c1ccccc1. The van der Waals surface area contributed by atoms with Gasteiger partial charge in [-0.25, -0.2) is 4.79 Å². The highest BCUT2D eigenvalue weighted by molar-refractivity contribution is 6.58. The van der Waals surface area contributed by atoms with Gasteiger partial charge in [-0.15, -0.1) is 0 Å². The Morgan fingerprint density at radius 3 is 2.09 bits per heavy atom. The second-order valence-electron chi connectivity index (χ2n) is 5.18. The van der Waals surface area contributed by atoms with E-state index in [0.717, 1.165) is 0 Å². The van der Waals surface area contributed by atoms with Crippen molar-refractivity contribution in [1.82, 2.24) is 0 Å². The molecule has 2 aromatic rings. The van der Waals surface area contributed by atoms with Gasteiger partial charge in [-0.05, 0) is 31.5 Å². The number of hydrogen-bond acceptors (Lipinski definition) is 2. The Morgan fingerprint density at radius 1 is 1.09 bits per heavy atom. The summed E-state index contributed by atoms with van der Waals surface area (Å²) in [7, 11) is -0.185. The summed E-state index contributed by atoms with van der Waals surface area (Å²) in [5.41, 5.74) is 10.9. The number of carboxylic acid groups (broad SMARTS) is 1. The van der Waals surface area contributed by atoms with Crippen LogP contribution in [0.3, 0.4) is 0 Å². The van der Waals surface area contributed by atoms with Crippen LogP contribution in [0, 0.1) is 0 Å². The first-order valence-electron chi connectivity index (χ1n) is 7.22. The van der Waals surface area contributed by atoms with Gasteiger partial charge >= 0.3 is 5.97 Å². The average Bonchev–Trinajstić information content (AvgIpc) is 2.55. The first-order valence-corrected chi connectivity index (χ1v) is 8.75. The fraction of sp³-hybridized carbons (Fsp3) is 0.167. The molecule has 2 aromatic carbocycles. The van der Waals surface area contributed by atoms with Crippen LogP contribution in [0.15, 0.2) is 65.9 Å². The van der Waals surface area contributed by atoms with E-state index in [1.807, 2.05) is 0 Å². The molecule has 0 heterocycles. The highest BCUT2D eigenvalue weighted by atomic mass is 28.2. The van der Waals surface area contributed by atoms with E-state index in [1.54, 1.807) is 30.3 Å². The molecule has 0 atom stereocenters. The van der Waals surface area contributed by atoms with Crippen molar-refractivity contribution in [2.75, 3.05) is 0 Å². The van der Waals surface area contributed by atoms with E-state index in [2.05, 4.69) is 43.8 Å². The first-order chi connectivity index (χ1) is 10.5. The molecule has 2 rings (SSSR count). The molecule has 0 spiro atoms. The number of rotatable bonds is 4. The van der Waals surface area contributed by atoms with Gasteiger partial charge in [0.25, 0.3) is 0 Å². The Morgan fingerprint density at radius 2 is 1.68 bits per heavy atom. The molecule has 0 amide bonds. The Hall–Kier alpha value is -2.17. The van der Waals surface area contributed by atoms with Crippen molar-refractivity contribution < 1.29 is 9.90 Å². The van der Waals surface area contributed by atoms with Gasteiger partial charge in [-0.3, -0.25) is 0 Å². The number of carboxylic acids is 1. The maximum atomic E-state index is 10.2. The summed E-state index contributed by atoms with van der Waals surface area (Å²) >= 11 is 0. The monoisotopic (exact) mass is 313 g/mol. The first kappa shape index (κ1) is 17.9. The molecule has 0 fully saturated rings. The van der Waals surface area contributed by atoms with Gasteiger partial charge in [-0.1, -0.05) is 58.9 Å². The molecule has 0 aliphatic carbocycles. The number of hydrogen-bond donors (Lipinski definition) is 2. The van der Waals surface area contributed by atoms with Crippen LogP contribution in [0.4, 0.5) is 0 Å². The molecule has 116 valence electrons. The van der Waals surface area contributed by atoms with E-state index in [-0.39, 0.29) is 9.52 Å². The lowest BCUT2D eigenvalue weighted by Gasteiger charge is -1.99. The summed E-state index contributed by atoms with van der Waals surface area (Å²) in [6.45, 7) is 4.95. The molecule has 0 radical (unpaired) electrons. The van der Waals surface area contributed by atoms with Crippen molar-refractivity contribution in [3.63, 3.8) is 0 Å². The molecule has 3 N–H and O–H groups in total. The Bertz CT molecular complexity index is 603. The van der Waals surface area contributed by atoms with E-state index in [0.29, 0.717) is 12.1 Å². The fourth-order valence-corrected chi connectivity index (χ4v) is 2.87. The molecule has 0 saturated heterocycles. The van der Waals surface area contributed by atoms with Crippen molar-refractivity contribution >= 4 is 20.7 Å². The summed E-state index contributed by atoms with van der Waals surface area (Å²) in [6, 6.07) is 17.0. The van der Waals surface area contributed by atoms with Crippen LogP contribution in [0.5, 0.6) is 0 Å². The van der Waals surface area contributed by atoms with E-state index < -0.39 is 5.97 Å². The Kier molecular flexibility index (Phi) is 7.89. The minimum atomic E-state index is -0.879. The van der Waals surface area contributed by atoms with Crippen LogP contribution >= 0.6 is 0 Å². The molecule has 3 nitrogen and oxygen atoms in total. The molecular formula is C18H23NO2Si. The molecule has 0 aromatic heterocycles. The van der Waals surface area contributed by atoms with Gasteiger partial charge in [0.15, 0.2) is 0 Å². The van der Waals surface area contributed by atoms with Gasteiger partial charge in [0.05, 0.1) is 15.1 Å². The zero-order chi connectivity index (χ0) is 16.4. The summed E-state index contributed by atoms with van der Waals surface area (Å²) in [6.07, 6.45) is 0. The van der Waals surface area contributed by atoms with Crippen LogP contribution in [0.1, 0.15) is 29.8 Å². The molecule has 0 saturated carbocycles. The molecule has 0 aliphatic heterocycles. The Labute approximate surface area is 134 Å².